The zero-order valence-corrected chi connectivity index (χ0v) is 18.8. The third-order valence-electron chi connectivity index (χ3n) is 6.13. The van der Waals surface area contributed by atoms with Crippen molar-refractivity contribution >= 4 is 17.6 Å². The van der Waals surface area contributed by atoms with Crippen LogP contribution in [0.2, 0.25) is 0 Å². The normalized spacial score (nSPS) is 17.3. The number of carbonyl (C=O) groups is 2. The van der Waals surface area contributed by atoms with Crippen molar-refractivity contribution in [2.24, 2.45) is 0 Å². The number of aromatic hydroxyl groups is 1. The lowest BCUT2D eigenvalue weighted by Gasteiger charge is -2.37. The number of hydrogen-bond acceptors (Lipinski definition) is 7. The highest BCUT2D eigenvalue weighted by Gasteiger charge is 2.53. The molecule has 0 saturated carbocycles. The van der Waals surface area contributed by atoms with Crippen LogP contribution in [0.3, 0.4) is 0 Å². The first-order chi connectivity index (χ1) is 16.4. The van der Waals surface area contributed by atoms with Gasteiger partial charge < -0.3 is 29.5 Å². The molecule has 0 bridgehead atoms. The van der Waals surface area contributed by atoms with E-state index in [1.54, 1.807) is 49.4 Å². The van der Waals surface area contributed by atoms with Crippen LogP contribution < -0.4 is 15.0 Å². The van der Waals surface area contributed by atoms with Crippen LogP contribution >= 0.6 is 0 Å². The van der Waals surface area contributed by atoms with Crippen molar-refractivity contribution in [2.75, 3.05) is 38.8 Å². The predicted molar refractivity (Wildman–Crippen MR) is 125 cm³/mol. The minimum atomic E-state index is -1.20. The van der Waals surface area contributed by atoms with Crippen LogP contribution in [-0.2, 0) is 19.9 Å². The maximum absolute atomic E-state index is 12.9. The van der Waals surface area contributed by atoms with Crippen LogP contribution in [0.5, 0.6) is 17.2 Å². The molecular formula is C26H24N2O6. The van der Waals surface area contributed by atoms with Crippen LogP contribution in [0.4, 0.5) is 5.69 Å². The Morgan fingerprint density at radius 1 is 1.06 bits per heavy atom. The molecule has 1 spiro atoms. The highest BCUT2D eigenvalue weighted by molar-refractivity contribution is 5.97. The second-order valence-corrected chi connectivity index (χ2v) is 8.28. The van der Waals surface area contributed by atoms with Crippen molar-refractivity contribution in [2.45, 2.75) is 5.60 Å². The van der Waals surface area contributed by atoms with Crippen LogP contribution in [0, 0.1) is 0 Å². The SMILES string of the molecule is COCCNC(=O)CN(C)c1ccc2c(c1)Oc1cc(O)ccc1C21OC(=O)c2ccccc21. The molecule has 2 aliphatic heterocycles. The van der Waals surface area contributed by atoms with Crippen molar-refractivity contribution in [3.8, 4) is 17.2 Å². The molecule has 0 saturated heterocycles. The molecule has 0 aromatic heterocycles. The van der Waals surface area contributed by atoms with Gasteiger partial charge in [0.05, 0.1) is 18.7 Å². The summed E-state index contributed by atoms with van der Waals surface area (Å²) in [4.78, 5) is 26.9. The minimum absolute atomic E-state index is 0.0379. The van der Waals surface area contributed by atoms with Gasteiger partial charge in [0.25, 0.3) is 0 Å². The monoisotopic (exact) mass is 460 g/mol. The minimum Gasteiger partial charge on any atom is -0.508 e. The fraction of sp³-hybridized carbons (Fsp3) is 0.231. The summed E-state index contributed by atoms with van der Waals surface area (Å²) < 4.78 is 17.2. The molecular weight excluding hydrogens is 436 g/mol. The molecule has 2 heterocycles. The molecule has 2 aliphatic rings. The third kappa shape index (κ3) is 3.43. The number of fused-ring (bicyclic) bond motifs is 6. The van der Waals surface area contributed by atoms with Crippen molar-refractivity contribution in [3.63, 3.8) is 0 Å². The number of phenols is 1. The smallest absolute Gasteiger partial charge is 0.340 e. The largest absolute Gasteiger partial charge is 0.508 e. The van der Waals surface area contributed by atoms with E-state index in [0.29, 0.717) is 41.3 Å². The third-order valence-corrected chi connectivity index (χ3v) is 6.13. The number of benzene rings is 3. The predicted octanol–water partition coefficient (Wildman–Crippen LogP) is 3.16. The number of phenolic OH excluding ortho intramolecular Hbond substituents is 1. The second-order valence-electron chi connectivity index (χ2n) is 8.28. The van der Waals surface area contributed by atoms with Crippen LogP contribution in [0.15, 0.2) is 60.7 Å². The molecule has 174 valence electrons. The summed E-state index contributed by atoms with van der Waals surface area (Å²) in [5.41, 5.74) is 2.06. The number of nitrogens with zero attached hydrogens (tertiary/aromatic N) is 1. The molecule has 0 radical (unpaired) electrons. The van der Waals surface area contributed by atoms with Crippen LogP contribution in [0.25, 0.3) is 0 Å². The molecule has 0 aliphatic carbocycles. The number of methoxy groups -OCH3 is 1. The Morgan fingerprint density at radius 3 is 2.59 bits per heavy atom. The zero-order chi connectivity index (χ0) is 23.9. The molecule has 0 fully saturated rings. The fourth-order valence-electron chi connectivity index (χ4n) is 4.55. The molecule has 8 heteroatoms. The summed E-state index contributed by atoms with van der Waals surface area (Å²) in [6.45, 7) is 1.02. The number of nitrogens with one attached hydrogen (secondary N) is 1. The topological polar surface area (TPSA) is 97.3 Å². The Morgan fingerprint density at radius 2 is 1.79 bits per heavy atom. The van der Waals surface area contributed by atoms with Crippen molar-refractivity contribution in [3.05, 3.63) is 82.9 Å². The van der Waals surface area contributed by atoms with Gasteiger partial charge >= 0.3 is 5.97 Å². The van der Waals surface area contributed by atoms with Gasteiger partial charge in [-0.3, -0.25) is 4.79 Å². The van der Waals surface area contributed by atoms with E-state index in [2.05, 4.69) is 5.32 Å². The van der Waals surface area contributed by atoms with Gasteiger partial charge in [0.15, 0.2) is 5.60 Å². The Hall–Kier alpha value is -4.04. The van der Waals surface area contributed by atoms with Crippen molar-refractivity contribution in [1.29, 1.82) is 0 Å². The van der Waals surface area contributed by atoms with E-state index in [1.165, 1.54) is 6.07 Å². The van der Waals surface area contributed by atoms with E-state index in [9.17, 15) is 14.7 Å². The highest BCUT2D eigenvalue weighted by Crippen LogP contribution is 2.56. The van der Waals surface area contributed by atoms with E-state index in [-0.39, 0.29) is 18.2 Å². The average Bonchev–Trinajstić information content (AvgIpc) is 3.12. The lowest BCUT2D eigenvalue weighted by atomic mass is 9.77. The number of amides is 1. The molecule has 2 N–H and O–H groups in total. The molecule has 5 rings (SSSR count). The summed E-state index contributed by atoms with van der Waals surface area (Å²) in [6.07, 6.45) is 0. The van der Waals surface area contributed by atoms with E-state index >= 15 is 0 Å². The van der Waals surface area contributed by atoms with Gasteiger partial charge in [0.2, 0.25) is 5.91 Å². The Balaban J connectivity index is 1.56. The lowest BCUT2D eigenvalue weighted by Crippen LogP contribution is -2.37. The van der Waals surface area contributed by atoms with Gasteiger partial charge in [-0.25, -0.2) is 4.79 Å². The number of esters is 1. The molecule has 3 aromatic carbocycles. The van der Waals surface area contributed by atoms with E-state index < -0.39 is 11.6 Å². The van der Waals surface area contributed by atoms with Gasteiger partial charge in [-0.05, 0) is 30.3 Å². The van der Waals surface area contributed by atoms with E-state index in [4.69, 9.17) is 14.2 Å². The highest BCUT2D eigenvalue weighted by atomic mass is 16.6. The number of likely N-dealkylation sites (N-methyl/N-ethyl adjacent to an activating group) is 1. The molecule has 3 aromatic rings. The van der Waals surface area contributed by atoms with E-state index in [0.717, 1.165) is 11.3 Å². The van der Waals surface area contributed by atoms with E-state index in [1.807, 2.05) is 24.3 Å². The van der Waals surface area contributed by atoms with Gasteiger partial charge in [0, 0.05) is 55.2 Å². The number of carbonyl (C=O) groups excluding carboxylic acids is 2. The maximum Gasteiger partial charge on any atom is 0.340 e. The summed E-state index contributed by atoms with van der Waals surface area (Å²) in [5.74, 6) is 0.358. The molecule has 34 heavy (non-hydrogen) atoms. The summed E-state index contributed by atoms with van der Waals surface area (Å²) in [6, 6.07) is 17.6. The van der Waals surface area contributed by atoms with Crippen molar-refractivity contribution < 1.29 is 28.9 Å². The number of rotatable bonds is 6. The molecule has 8 nitrogen and oxygen atoms in total. The van der Waals surface area contributed by atoms with Crippen molar-refractivity contribution in [1.82, 2.24) is 5.32 Å². The summed E-state index contributed by atoms with van der Waals surface area (Å²) in [5, 5.41) is 12.9. The first-order valence-corrected chi connectivity index (χ1v) is 10.9. The Bertz CT molecular complexity index is 1290. The summed E-state index contributed by atoms with van der Waals surface area (Å²) >= 11 is 0. The first-order valence-electron chi connectivity index (χ1n) is 10.9. The first kappa shape index (κ1) is 21.8. The zero-order valence-electron chi connectivity index (χ0n) is 18.8. The fourth-order valence-corrected chi connectivity index (χ4v) is 4.55. The van der Waals surface area contributed by atoms with Gasteiger partial charge in [-0.2, -0.15) is 0 Å². The second kappa shape index (κ2) is 8.39. The Kier molecular flexibility index (Phi) is 5.37. The van der Waals surface area contributed by atoms with Gasteiger partial charge in [-0.15, -0.1) is 0 Å². The molecule has 1 unspecified atom stereocenters. The molecule has 1 amide bonds. The Labute approximate surface area is 196 Å². The van der Waals surface area contributed by atoms with Gasteiger partial charge in [-0.1, -0.05) is 18.2 Å². The molecule has 1 atom stereocenters. The number of ether oxygens (including phenoxy) is 3. The maximum atomic E-state index is 12.9. The number of hydrogen-bond donors (Lipinski definition) is 2. The number of anilines is 1. The van der Waals surface area contributed by atoms with Crippen LogP contribution in [-0.4, -0.2) is 50.8 Å². The lowest BCUT2D eigenvalue weighted by molar-refractivity contribution is -0.119. The van der Waals surface area contributed by atoms with Gasteiger partial charge in [0.1, 0.15) is 17.2 Å². The summed E-state index contributed by atoms with van der Waals surface area (Å²) in [7, 11) is 3.39. The average molecular weight is 460 g/mol. The standard InChI is InChI=1S/C26H24N2O6/c1-28(15-24(30)27-11-12-32-2)16-7-9-20-22(13-16)33-23-14-17(29)8-10-21(23)26(20)19-6-4-3-5-18(19)25(31)34-26/h3-10,13-14,29H,11-12,15H2,1-2H3,(H,27,30). The van der Waals surface area contributed by atoms with Crippen LogP contribution in [0.1, 0.15) is 27.0 Å². The quantitative estimate of drug-likeness (QED) is 0.431.